The molecule has 0 heterocycles. The molecule has 5 nitrogen and oxygen atoms in total. The predicted molar refractivity (Wildman–Crippen MR) is 114 cm³/mol. The van der Waals surface area contributed by atoms with E-state index in [1.54, 1.807) is 29.2 Å². The molecule has 0 bridgehead atoms. The number of hydrogen-bond donors (Lipinski definition) is 2. The molecule has 0 radical (unpaired) electrons. The zero-order valence-corrected chi connectivity index (χ0v) is 16.4. The first-order valence-electron chi connectivity index (χ1n) is 7.89. The Morgan fingerprint density at radius 3 is 1.93 bits per heavy atom. The van der Waals surface area contributed by atoms with Gasteiger partial charge in [-0.15, -0.1) is 0 Å². The van der Waals surface area contributed by atoms with Crippen molar-refractivity contribution in [1.82, 2.24) is 0 Å². The van der Waals surface area contributed by atoms with E-state index in [1.807, 2.05) is 42.5 Å². The molecule has 3 aromatic rings. The lowest BCUT2D eigenvalue weighted by Crippen LogP contribution is -2.30. The molecule has 0 aliphatic carbocycles. The number of hydrogen-bond acceptors (Lipinski definition) is 3. The Morgan fingerprint density at radius 1 is 0.889 bits per heavy atom. The minimum absolute atomic E-state index is 0.0317. The second kappa shape index (κ2) is 8.06. The van der Waals surface area contributed by atoms with Crippen LogP contribution in [0.25, 0.3) is 0 Å². The van der Waals surface area contributed by atoms with Gasteiger partial charge < -0.3 is 5.32 Å². The average Bonchev–Trinajstić information content (AvgIpc) is 2.64. The van der Waals surface area contributed by atoms with Crippen LogP contribution in [0.15, 0.2) is 83.8 Å². The molecule has 3 rings (SSSR count). The minimum atomic E-state index is -3.77. The van der Waals surface area contributed by atoms with Crippen molar-refractivity contribution in [1.29, 1.82) is 0 Å². The Labute approximate surface area is 168 Å². The number of para-hydroxylation sites is 1. The van der Waals surface area contributed by atoms with Crippen LogP contribution < -0.4 is 15.4 Å². The van der Waals surface area contributed by atoms with E-state index in [0.29, 0.717) is 15.8 Å². The molecule has 3 N–H and O–H groups in total. The van der Waals surface area contributed by atoms with Crippen molar-refractivity contribution in [3.8, 4) is 0 Å². The summed E-state index contributed by atoms with van der Waals surface area (Å²) >= 11 is 11.6. The third kappa shape index (κ3) is 4.84. The maximum absolute atomic E-state index is 11.5. The highest BCUT2D eigenvalue weighted by molar-refractivity contribution is 7.89. The van der Waals surface area contributed by atoms with Gasteiger partial charge in [-0.2, -0.15) is 0 Å². The third-order valence-corrected chi connectivity index (χ3v) is 5.20. The summed E-state index contributed by atoms with van der Waals surface area (Å²) in [7, 11) is -3.77. The number of nitrogens with two attached hydrogens (primary N) is 1. The van der Waals surface area contributed by atoms with Crippen LogP contribution >= 0.6 is 23.8 Å². The van der Waals surface area contributed by atoms with E-state index < -0.39 is 10.0 Å². The number of nitrogens with zero attached hydrogens (tertiary/aromatic N) is 1. The van der Waals surface area contributed by atoms with Crippen molar-refractivity contribution in [3.05, 3.63) is 83.9 Å². The Kier molecular flexibility index (Phi) is 5.76. The Hall–Kier alpha value is -2.45. The largest absolute Gasteiger partial charge is 0.332 e. The van der Waals surface area contributed by atoms with Crippen molar-refractivity contribution in [2.75, 3.05) is 10.2 Å². The fraction of sp³-hybridized carbons (Fsp3) is 0. The normalized spacial score (nSPS) is 11.0. The monoisotopic (exact) mass is 417 g/mol. The quantitative estimate of drug-likeness (QED) is 0.610. The summed E-state index contributed by atoms with van der Waals surface area (Å²) in [5.41, 5.74) is 2.29. The molecule has 0 unspecified atom stereocenters. The predicted octanol–water partition coefficient (Wildman–Crippen LogP) is 4.52. The van der Waals surface area contributed by atoms with Crippen LogP contribution in [-0.2, 0) is 10.0 Å². The van der Waals surface area contributed by atoms with E-state index in [9.17, 15) is 8.42 Å². The fourth-order valence-electron chi connectivity index (χ4n) is 2.46. The third-order valence-electron chi connectivity index (χ3n) is 3.74. The number of sulfonamides is 1. The van der Waals surface area contributed by atoms with Crippen LogP contribution in [0.3, 0.4) is 0 Å². The maximum atomic E-state index is 11.5. The molecule has 27 heavy (non-hydrogen) atoms. The molecular formula is C19H16ClN3O2S2. The van der Waals surface area contributed by atoms with Crippen LogP contribution in [0.2, 0.25) is 5.02 Å². The number of thiocarbonyl (C=S) groups is 1. The number of benzene rings is 3. The van der Waals surface area contributed by atoms with E-state index >= 15 is 0 Å². The molecule has 0 aromatic heterocycles. The lowest BCUT2D eigenvalue weighted by Gasteiger charge is -2.26. The molecule has 3 aromatic carbocycles. The lowest BCUT2D eigenvalue weighted by atomic mass is 10.2. The molecule has 0 saturated heterocycles. The molecule has 0 aliphatic heterocycles. The van der Waals surface area contributed by atoms with Gasteiger partial charge in [0.25, 0.3) is 0 Å². The summed E-state index contributed by atoms with van der Waals surface area (Å²) in [6, 6.07) is 22.9. The summed E-state index contributed by atoms with van der Waals surface area (Å²) in [4.78, 5) is 1.82. The molecular weight excluding hydrogens is 402 g/mol. The Morgan fingerprint density at radius 2 is 1.41 bits per heavy atom. The van der Waals surface area contributed by atoms with Gasteiger partial charge in [0.2, 0.25) is 10.0 Å². The van der Waals surface area contributed by atoms with Crippen LogP contribution in [0, 0.1) is 0 Å². The summed E-state index contributed by atoms with van der Waals surface area (Å²) in [6.45, 7) is 0. The van der Waals surface area contributed by atoms with E-state index in [0.717, 1.165) is 11.4 Å². The van der Waals surface area contributed by atoms with E-state index in [4.69, 9.17) is 29.0 Å². The van der Waals surface area contributed by atoms with E-state index in [-0.39, 0.29) is 4.90 Å². The van der Waals surface area contributed by atoms with Gasteiger partial charge in [0.1, 0.15) is 0 Å². The zero-order valence-electron chi connectivity index (χ0n) is 14.0. The fourth-order valence-corrected chi connectivity index (χ4v) is 3.43. The van der Waals surface area contributed by atoms with Gasteiger partial charge in [-0.25, -0.2) is 13.6 Å². The summed E-state index contributed by atoms with van der Waals surface area (Å²) < 4.78 is 23.0. The van der Waals surface area contributed by atoms with Gasteiger partial charge in [-0.1, -0.05) is 29.8 Å². The highest BCUT2D eigenvalue weighted by Crippen LogP contribution is 2.28. The van der Waals surface area contributed by atoms with Crippen LogP contribution in [0.4, 0.5) is 17.1 Å². The topological polar surface area (TPSA) is 75.4 Å². The average molecular weight is 418 g/mol. The highest BCUT2D eigenvalue weighted by atomic mass is 35.5. The summed E-state index contributed by atoms with van der Waals surface area (Å²) in [5.74, 6) is 0. The molecule has 0 aliphatic rings. The van der Waals surface area contributed by atoms with Gasteiger partial charge in [0.15, 0.2) is 5.11 Å². The Bertz CT molecular complexity index is 1040. The van der Waals surface area contributed by atoms with Crippen molar-refractivity contribution < 1.29 is 8.42 Å². The van der Waals surface area contributed by atoms with Gasteiger partial charge in [0.05, 0.1) is 4.90 Å². The first-order valence-corrected chi connectivity index (χ1v) is 10.2. The minimum Gasteiger partial charge on any atom is -0.332 e. The molecule has 0 spiro atoms. The Balaban J connectivity index is 1.99. The van der Waals surface area contributed by atoms with Crippen LogP contribution in [0.5, 0.6) is 0 Å². The molecule has 8 heteroatoms. The van der Waals surface area contributed by atoms with Crippen LogP contribution in [-0.4, -0.2) is 13.5 Å². The summed E-state index contributed by atoms with van der Waals surface area (Å²) in [6.07, 6.45) is 0. The van der Waals surface area contributed by atoms with Gasteiger partial charge in [-0.3, -0.25) is 4.90 Å². The van der Waals surface area contributed by atoms with E-state index in [2.05, 4.69) is 5.32 Å². The smallest absolute Gasteiger partial charge is 0.238 e. The number of rotatable bonds is 4. The standard InChI is InChI=1S/C19H16ClN3O2S2/c20-14-6-8-16(9-7-14)23(19(26)22-15-4-2-1-3-5-15)17-10-12-18(13-11-17)27(21,24)25/h1-13H,(H,22,26)(H2,21,24,25). The van der Waals surface area contributed by atoms with Gasteiger partial charge in [0, 0.05) is 22.1 Å². The highest BCUT2D eigenvalue weighted by Gasteiger charge is 2.16. The van der Waals surface area contributed by atoms with Crippen molar-refractivity contribution in [3.63, 3.8) is 0 Å². The summed E-state index contributed by atoms with van der Waals surface area (Å²) in [5, 5.41) is 9.38. The second-order valence-electron chi connectivity index (χ2n) is 5.65. The molecule has 0 atom stereocenters. The number of halogens is 1. The van der Waals surface area contributed by atoms with E-state index in [1.165, 1.54) is 12.1 Å². The number of nitrogens with one attached hydrogen (secondary N) is 1. The molecule has 0 amide bonds. The SMILES string of the molecule is NS(=O)(=O)c1ccc(N(C(=S)Nc2ccccc2)c2ccc(Cl)cc2)cc1. The molecule has 138 valence electrons. The zero-order chi connectivity index (χ0) is 19.4. The van der Waals surface area contributed by atoms with Gasteiger partial charge >= 0.3 is 0 Å². The number of anilines is 3. The number of primary sulfonamides is 1. The maximum Gasteiger partial charge on any atom is 0.238 e. The lowest BCUT2D eigenvalue weighted by molar-refractivity contribution is 0.598. The second-order valence-corrected chi connectivity index (χ2v) is 8.03. The van der Waals surface area contributed by atoms with Crippen molar-refractivity contribution >= 4 is 56.0 Å². The molecule has 0 saturated carbocycles. The van der Waals surface area contributed by atoms with Gasteiger partial charge in [-0.05, 0) is 72.9 Å². The first kappa shape index (κ1) is 19.3. The van der Waals surface area contributed by atoms with Crippen molar-refractivity contribution in [2.45, 2.75) is 4.90 Å². The van der Waals surface area contributed by atoms with Crippen molar-refractivity contribution in [2.24, 2.45) is 5.14 Å². The molecule has 0 fully saturated rings. The first-order chi connectivity index (χ1) is 12.8. The van der Waals surface area contributed by atoms with Crippen LogP contribution in [0.1, 0.15) is 0 Å².